The highest BCUT2D eigenvalue weighted by molar-refractivity contribution is 6.25. The largest absolute Gasteiger partial charge is 0.456 e. The molecule has 3 heterocycles. The molecule has 7 aromatic carbocycles. The molecular weight excluding hydrogens is 590 g/mol. The Morgan fingerprint density at radius 3 is 1.98 bits per heavy atom. The van der Waals surface area contributed by atoms with Crippen LogP contribution in [0.25, 0.3) is 65.8 Å². The first-order valence-corrected chi connectivity index (χ1v) is 16.1. The third kappa shape index (κ3) is 4.18. The monoisotopic (exact) mass is 617 g/mol. The molecule has 5 nitrogen and oxygen atoms in total. The Hall–Kier alpha value is -6.46. The van der Waals surface area contributed by atoms with E-state index in [1.54, 1.807) is 0 Å². The predicted octanol–water partition coefficient (Wildman–Crippen LogP) is 10.8. The van der Waals surface area contributed by atoms with Gasteiger partial charge in [0.05, 0.1) is 0 Å². The van der Waals surface area contributed by atoms with Gasteiger partial charge >= 0.3 is 0 Å². The quantitative estimate of drug-likeness (QED) is 0.214. The average Bonchev–Trinajstić information content (AvgIpc) is 3.73. The molecule has 1 atom stereocenters. The summed E-state index contributed by atoms with van der Waals surface area (Å²) in [5, 5.41) is 10.2. The molecule has 0 radical (unpaired) electrons. The summed E-state index contributed by atoms with van der Waals surface area (Å²) in [6.45, 7) is 0. The normalized spacial score (nSPS) is 14.9. The Kier molecular flexibility index (Phi) is 5.87. The van der Waals surface area contributed by atoms with Crippen molar-refractivity contribution in [2.45, 2.75) is 6.17 Å². The van der Waals surface area contributed by atoms with Crippen LogP contribution in [0.4, 0.5) is 0 Å². The minimum absolute atomic E-state index is 0.435. The number of para-hydroxylation sites is 2. The summed E-state index contributed by atoms with van der Waals surface area (Å²) in [7, 11) is 0. The van der Waals surface area contributed by atoms with Gasteiger partial charge in [0.1, 0.15) is 34.3 Å². The van der Waals surface area contributed by atoms with Gasteiger partial charge in [-0.15, -0.1) is 0 Å². The molecule has 0 saturated heterocycles. The van der Waals surface area contributed by atoms with Crippen molar-refractivity contribution in [3.63, 3.8) is 0 Å². The van der Waals surface area contributed by atoms with E-state index in [0.717, 1.165) is 77.5 Å². The highest BCUT2D eigenvalue weighted by Gasteiger charge is 2.28. The molecule has 2 aromatic heterocycles. The van der Waals surface area contributed by atoms with E-state index in [-0.39, 0.29) is 0 Å². The molecule has 10 rings (SSSR count). The topological polar surface area (TPSA) is 63.0 Å². The number of furan rings is 2. The maximum absolute atomic E-state index is 6.43. The predicted molar refractivity (Wildman–Crippen MR) is 196 cm³/mol. The molecule has 48 heavy (non-hydrogen) atoms. The third-order valence-corrected chi connectivity index (χ3v) is 9.35. The molecule has 1 unspecified atom stereocenters. The zero-order chi connectivity index (χ0) is 31.6. The molecule has 1 aliphatic heterocycles. The lowest BCUT2D eigenvalue weighted by molar-refractivity contribution is 0.662. The van der Waals surface area contributed by atoms with Gasteiger partial charge in [-0.1, -0.05) is 115 Å². The summed E-state index contributed by atoms with van der Waals surface area (Å²) < 4.78 is 12.7. The van der Waals surface area contributed by atoms with Crippen molar-refractivity contribution >= 4 is 66.3 Å². The van der Waals surface area contributed by atoms with E-state index in [1.807, 2.05) is 54.6 Å². The lowest BCUT2D eigenvalue weighted by Gasteiger charge is -2.25. The van der Waals surface area contributed by atoms with Crippen LogP contribution in [0, 0.1) is 0 Å². The first-order valence-electron chi connectivity index (χ1n) is 16.1. The standard InChI is InChI=1S/C43H27N3O2/c1-2-12-27(13-3-1)41-44-42(33-17-10-20-36-38(33)31-15-6-8-18-34(31)47-36)46-43(45-41)40-30(29-22-21-26-11-4-5-14-28(26)25-29)23-24-37-39(40)32-16-7-9-19-35(32)48-37/h1-25,42H,(H,44,45,46). The van der Waals surface area contributed by atoms with Crippen LogP contribution in [-0.2, 0) is 0 Å². The lowest BCUT2D eigenvalue weighted by Crippen LogP contribution is -2.33. The number of rotatable bonds is 4. The van der Waals surface area contributed by atoms with Crippen molar-refractivity contribution in [1.29, 1.82) is 0 Å². The number of nitrogens with zero attached hydrogens (tertiary/aromatic N) is 2. The molecule has 5 heteroatoms. The molecular formula is C43H27N3O2. The number of amidine groups is 2. The van der Waals surface area contributed by atoms with Gasteiger partial charge in [-0.25, -0.2) is 9.98 Å². The van der Waals surface area contributed by atoms with Crippen LogP contribution in [0.5, 0.6) is 0 Å². The van der Waals surface area contributed by atoms with Gasteiger partial charge in [0.2, 0.25) is 0 Å². The molecule has 226 valence electrons. The Labute approximate surface area is 275 Å². The number of aliphatic imine (C=N–C) groups is 2. The number of benzene rings is 7. The minimum Gasteiger partial charge on any atom is -0.456 e. The number of nitrogens with one attached hydrogen (secondary N) is 1. The molecule has 1 N–H and O–H groups in total. The molecule has 0 saturated carbocycles. The highest BCUT2D eigenvalue weighted by Crippen LogP contribution is 2.41. The second kappa shape index (κ2) is 10.5. The first-order chi connectivity index (χ1) is 23.8. The van der Waals surface area contributed by atoms with Crippen LogP contribution in [-0.4, -0.2) is 11.7 Å². The Morgan fingerprint density at radius 2 is 1.17 bits per heavy atom. The van der Waals surface area contributed by atoms with E-state index in [9.17, 15) is 0 Å². The zero-order valence-corrected chi connectivity index (χ0v) is 25.7. The molecule has 1 aliphatic rings. The van der Waals surface area contributed by atoms with Gasteiger partial charge in [-0.05, 0) is 58.3 Å². The van der Waals surface area contributed by atoms with Gasteiger partial charge in [-0.2, -0.15) is 0 Å². The minimum atomic E-state index is -0.435. The van der Waals surface area contributed by atoms with E-state index >= 15 is 0 Å². The fourth-order valence-corrected chi connectivity index (χ4v) is 7.14. The maximum atomic E-state index is 6.43. The molecule has 0 aliphatic carbocycles. The van der Waals surface area contributed by atoms with Gasteiger partial charge < -0.3 is 14.2 Å². The van der Waals surface area contributed by atoms with Gasteiger partial charge in [-0.3, -0.25) is 0 Å². The van der Waals surface area contributed by atoms with E-state index in [4.69, 9.17) is 18.8 Å². The van der Waals surface area contributed by atoms with Gasteiger partial charge in [0.15, 0.2) is 5.84 Å². The Morgan fingerprint density at radius 1 is 0.500 bits per heavy atom. The van der Waals surface area contributed by atoms with E-state index in [1.165, 1.54) is 10.8 Å². The summed E-state index contributed by atoms with van der Waals surface area (Å²) in [6.07, 6.45) is -0.435. The third-order valence-electron chi connectivity index (χ3n) is 9.35. The average molecular weight is 618 g/mol. The second-order valence-electron chi connectivity index (χ2n) is 12.2. The van der Waals surface area contributed by atoms with Crippen LogP contribution in [0.1, 0.15) is 22.9 Å². The fraction of sp³-hybridized carbons (Fsp3) is 0.0233. The molecule has 0 amide bonds. The number of fused-ring (bicyclic) bond motifs is 7. The van der Waals surface area contributed by atoms with E-state index < -0.39 is 6.17 Å². The van der Waals surface area contributed by atoms with Crippen LogP contribution >= 0.6 is 0 Å². The molecule has 0 bridgehead atoms. The first kappa shape index (κ1) is 26.7. The van der Waals surface area contributed by atoms with Crippen LogP contribution in [0.2, 0.25) is 0 Å². The van der Waals surface area contributed by atoms with Crippen LogP contribution in [0.15, 0.2) is 170 Å². The molecule has 9 aromatic rings. The van der Waals surface area contributed by atoms with E-state index in [2.05, 4.69) is 102 Å². The molecule has 0 fully saturated rings. The Balaban J connectivity index is 1.28. The van der Waals surface area contributed by atoms with Crippen molar-refractivity contribution in [2.24, 2.45) is 9.98 Å². The number of hydrogen-bond acceptors (Lipinski definition) is 5. The van der Waals surface area contributed by atoms with Crippen molar-refractivity contribution < 1.29 is 8.83 Å². The van der Waals surface area contributed by atoms with Crippen LogP contribution < -0.4 is 5.32 Å². The van der Waals surface area contributed by atoms with Crippen molar-refractivity contribution in [2.75, 3.05) is 0 Å². The number of hydrogen-bond donors (Lipinski definition) is 1. The van der Waals surface area contributed by atoms with Crippen molar-refractivity contribution in [1.82, 2.24) is 5.32 Å². The summed E-state index contributed by atoms with van der Waals surface area (Å²) in [4.78, 5) is 10.8. The van der Waals surface area contributed by atoms with Gasteiger partial charge in [0, 0.05) is 38.2 Å². The second-order valence-corrected chi connectivity index (χ2v) is 12.2. The Bertz CT molecular complexity index is 2770. The van der Waals surface area contributed by atoms with Crippen molar-refractivity contribution in [3.8, 4) is 11.1 Å². The maximum Gasteiger partial charge on any atom is 0.160 e. The van der Waals surface area contributed by atoms with Crippen LogP contribution in [0.3, 0.4) is 0 Å². The fourth-order valence-electron chi connectivity index (χ4n) is 7.14. The molecule has 0 spiro atoms. The smallest absolute Gasteiger partial charge is 0.160 e. The lowest BCUT2D eigenvalue weighted by atomic mass is 9.92. The summed E-state index contributed by atoms with van der Waals surface area (Å²) in [5.74, 6) is 1.40. The highest BCUT2D eigenvalue weighted by atomic mass is 16.3. The zero-order valence-electron chi connectivity index (χ0n) is 25.7. The van der Waals surface area contributed by atoms with E-state index in [0.29, 0.717) is 5.84 Å². The SMILES string of the molecule is c1ccc(C2=NC(c3c(-c4ccc5ccccc5c4)ccc4oc5ccccc5c34)=NC(c3cccc4oc5ccccc5c34)N2)cc1. The van der Waals surface area contributed by atoms with Crippen molar-refractivity contribution in [3.05, 3.63) is 168 Å². The summed E-state index contributed by atoms with van der Waals surface area (Å²) in [5.41, 5.74) is 8.39. The summed E-state index contributed by atoms with van der Waals surface area (Å²) in [6, 6.07) is 52.1. The van der Waals surface area contributed by atoms with Gasteiger partial charge in [0.25, 0.3) is 0 Å². The summed E-state index contributed by atoms with van der Waals surface area (Å²) >= 11 is 0.